The molecule has 1 atom stereocenters. The van der Waals surface area contributed by atoms with Crippen molar-refractivity contribution in [3.8, 4) is 0 Å². The summed E-state index contributed by atoms with van der Waals surface area (Å²) < 4.78 is 25.2. The molecule has 2 nitrogen and oxygen atoms in total. The normalized spacial score (nSPS) is 12.5. The zero-order valence-corrected chi connectivity index (χ0v) is 6.71. The lowest BCUT2D eigenvalue weighted by molar-refractivity contribution is -0.142. The molecule has 0 amide bonds. The van der Waals surface area contributed by atoms with Crippen molar-refractivity contribution in [1.82, 2.24) is 0 Å². The van der Waals surface area contributed by atoms with Crippen LogP contribution in [-0.2, 0) is 11.2 Å². The largest absolute Gasteiger partial charge is 0.479 e. The summed E-state index contributed by atoms with van der Waals surface area (Å²) in [6.07, 6.45) is -2.27. The van der Waals surface area contributed by atoms with Crippen LogP contribution in [0.15, 0.2) is 24.3 Å². The van der Waals surface area contributed by atoms with Gasteiger partial charge in [-0.05, 0) is 17.7 Å². The molecule has 1 aromatic rings. The van der Waals surface area contributed by atoms with E-state index in [-0.39, 0.29) is 6.42 Å². The lowest BCUT2D eigenvalue weighted by Crippen LogP contribution is -2.17. The first-order valence-corrected chi connectivity index (χ1v) is 3.71. The van der Waals surface area contributed by atoms with Crippen LogP contribution in [0.5, 0.6) is 0 Å². The molecule has 13 heavy (non-hydrogen) atoms. The Morgan fingerprint density at radius 1 is 1.54 bits per heavy atom. The fraction of sp³-hybridized carbons (Fsp3) is 0.222. The molecule has 4 heteroatoms. The summed E-state index contributed by atoms with van der Waals surface area (Å²) in [7, 11) is 0. The number of rotatable bonds is 3. The van der Waals surface area contributed by atoms with Gasteiger partial charge in [0.25, 0.3) is 0 Å². The van der Waals surface area contributed by atoms with Gasteiger partial charge in [0, 0.05) is 6.42 Å². The van der Waals surface area contributed by atoms with Gasteiger partial charge in [-0.2, -0.15) is 0 Å². The molecular formula is C9H8F2O2. The number of alkyl halides is 1. The van der Waals surface area contributed by atoms with Crippen LogP contribution in [0.2, 0.25) is 0 Å². The summed E-state index contributed by atoms with van der Waals surface area (Å²) in [6.45, 7) is 0. The first-order chi connectivity index (χ1) is 6.09. The summed E-state index contributed by atoms with van der Waals surface area (Å²) in [4.78, 5) is 10.1. The van der Waals surface area contributed by atoms with Gasteiger partial charge in [-0.25, -0.2) is 13.6 Å². The predicted octanol–water partition coefficient (Wildman–Crippen LogP) is 1.79. The van der Waals surface area contributed by atoms with E-state index in [0.717, 1.165) is 6.07 Å². The van der Waals surface area contributed by atoms with Gasteiger partial charge in [0.05, 0.1) is 0 Å². The van der Waals surface area contributed by atoms with Crippen LogP contribution in [0.1, 0.15) is 5.56 Å². The van der Waals surface area contributed by atoms with E-state index in [1.165, 1.54) is 18.2 Å². The number of hydrogen-bond acceptors (Lipinski definition) is 1. The molecule has 0 saturated carbocycles. The summed E-state index contributed by atoms with van der Waals surface area (Å²) in [6, 6.07) is 5.24. The van der Waals surface area contributed by atoms with E-state index < -0.39 is 18.0 Å². The molecule has 1 N–H and O–H groups in total. The number of benzene rings is 1. The lowest BCUT2D eigenvalue weighted by Gasteiger charge is -2.02. The standard InChI is InChI=1S/C9H8F2O2/c10-7-3-1-2-6(4-7)5-8(11)9(12)13/h1-4,8H,5H2,(H,12,13). The van der Waals surface area contributed by atoms with Crippen molar-refractivity contribution < 1.29 is 18.7 Å². The third-order valence-corrected chi connectivity index (χ3v) is 1.57. The van der Waals surface area contributed by atoms with Crippen LogP contribution in [0.4, 0.5) is 8.78 Å². The number of carbonyl (C=O) groups is 1. The van der Waals surface area contributed by atoms with Crippen molar-refractivity contribution in [2.75, 3.05) is 0 Å². The van der Waals surface area contributed by atoms with Gasteiger partial charge in [-0.15, -0.1) is 0 Å². The maximum Gasteiger partial charge on any atom is 0.338 e. The van der Waals surface area contributed by atoms with Crippen LogP contribution in [-0.4, -0.2) is 17.2 Å². The molecule has 0 saturated heterocycles. The molecule has 0 heterocycles. The highest BCUT2D eigenvalue weighted by atomic mass is 19.1. The molecule has 1 rings (SSSR count). The van der Waals surface area contributed by atoms with Crippen LogP contribution >= 0.6 is 0 Å². The lowest BCUT2D eigenvalue weighted by atomic mass is 10.1. The van der Waals surface area contributed by atoms with Crippen molar-refractivity contribution in [3.63, 3.8) is 0 Å². The molecule has 1 aromatic carbocycles. The Morgan fingerprint density at radius 3 is 2.77 bits per heavy atom. The van der Waals surface area contributed by atoms with Crippen LogP contribution in [0.3, 0.4) is 0 Å². The molecule has 0 aliphatic rings. The zero-order valence-electron chi connectivity index (χ0n) is 6.71. The highest BCUT2D eigenvalue weighted by molar-refractivity contribution is 5.72. The summed E-state index contributed by atoms with van der Waals surface area (Å²) in [5.41, 5.74) is 0.343. The van der Waals surface area contributed by atoms with Crippen molar-refractivity contribution in [2.24, 2.45) is 0 Å². The van der Waals surface area contributed by atoms with Gasteiger partial charge in [0.15, 0.2) is 0 Å². The second kappa shape index (κ2) is 3.98. The minimum Gasteiger partial charge on any atom is -0.479 e. The summed E-state index contributed by atoms with van der Waals surface area (Å²) in [5.74, 6) is -2.01. The van der Waals surface area contributed by atoms with E-state index in [9.17, 15) is 13.6 Å². The zero-order chi connectivity index (χ0) is 9.84. The number of carboxylic acids is 1. The molecule has 0 radical (unpaired) electrons. The molecule has 0 spiro atoms. The second-order valence-corrected chi connectivity index (χ2v) is 2.64. The summed E-state index contributed by atoms with van der Waals surface area (Å²) in [5, 5.41) is 8.24. The van der Waals surface area contributed by atoms with Crippen LogP contribution in [0.25, 0.3) is 0 Å². The topological polar surface area (TPSA) is 37.3 Å². The fourth-order valence-electron chi connectivity index (χ4n) is 0.958. The molecule has 0 aliphatic heterocycles. The molecule has 0 bridgehead atoms. The third kappa shape index (κ3) is 2.82. The van der Waals surface area contributed by atoms with Gasteiger partial charge in [0.2, 0.25) is 6.17 Å². The summed E-state index contributed by atoms with van der Waals surface area (Å²) >= 11 is 0. The Bertz CT molecular complexity index is 312. The smallest absolute Gasteiger partial charge is 0.338 e. The first-order valence-electron chi connectivity index (χ1n) is 3.71. The van der Waals surface area contributed by atoms with Gasteiger partial charge in [-0.3, -0.25) is 0 Å². The van der Waals surface area contributed by atoms with E-state index in [0.29, 0.717) is 5.56 Å². The number of hydrogen-bond donors (Lipinski definition) is 1. The van der Waals surface area contributed by atoms with E-state index in [1.54, 1.807) is 0 Å². The highest BCUT2D eigenvalue weighted by Gasteiger charge is 2.15. The Kier molecular flexibility index (Phi) is 2.95. The molecular weight excluding hydrogens is 178 g/mol. The Balaban J connectivity index is 2.69. The molecule has 0 aliphatic carbocycles. The Labute approximate surface area is 73.8 Å². The molecule has 1 unspecified atom stereocenters. The molecule has 70 valence electrons. The van der Waals surface area contributed by atoms with Crippen LogP contribution in [0, 0.1) is 5.82 Å². The Hall–Kier alpha value is -1.45. The van der Waals surface area contributed by atoms with E-state index in [2.05, 4.69) is 0 Å². The Morgan fingerprint density at radius 2 is 2.23 bits per heavy atom. The number of aliphatic carboxylic acids is 1. The average molecular weight is 186 g/mol. The minimum atomic E-state index is -1.97. The highest BCUT2D eigenvalue weighted by Crippen LogP contribution is 2.08. The maximum atomic E-state index is 12.6. The van der Waals surface area contributed by atoms with Crippen molar-refractivity contribution in [3.05, 3.63) is 35.6 Å². The van der Waals surface area contributed by atoms with E-state index in [4.69, 9.17) is 5.11 Å². The van der Waals surface area contributed by atoms with Crippen LogP contribution < -0.4 is 0 Å². The number of carboxylic acid groups (broad SMARTS) is 1. The van der Waals surface area contributed by atoms with Gasteiger partial charge < -0.3 is 5.11 Å². The SMILES string of the molecule is O=C(O)C(F)Cc1cccc(F)c1. The van der Waals surface area contributed by atoms with Crippen molar-refractivity contribution in [2.45, 2.75) is 12.6 Å². The quantitative estimate of drug-likeness (QED) is 0.781. The van der Waals surface area contributed by atoms with Gasteiger partial charge >= 0.3 is 5.97 Å². The average Bonchev–Trinajstić information content (AvgIpc) is 2.04. The number of halogens is 2. The van der Waals surface area contributed by atoms with Gasteiger partial charge in [-0.1, -0.05) is 12.1 Å². The fourth-order valence-corrected chi connectivity index (χ4v) is 0.958. The van der Waals surface area contributed by atoms with E-state index >= 15 is 0 Å². The van der Waals surface area contributed by atoms with E-state index in [1.807, 2.05) is 0 Å². The monoisotopic (exact) mass is 186 g/mol. The maximum absolute atomic E-state index is 12.6. The molecule has 0 aromatic heterocycles. The third-order valence-electron chi connectivity index (χ3n) is 1.57. The predicted molar refractivity (Wildman–Crippen MR) is 42.6 cm³/mol. The second-order valence-electron chi connectivity index (χ2n) is 2.64. The van der Waals surface area contributed by atoms with Crippen molar-refractivity contribution in [1.29, 1.82) is 0 Å². The first kappa shape index (κ1) is 9.64. The van der Waals surface area contributed by atoms with Gasteiger partial charge in [0.1, 0.15) is 5.82 Å². The minimum absolute atomic E-state index is 0.299. The van der Waals surface area contributed by atoms with Crippen molar-refractivity contribution >= 4 is 5.97 Å². The molecule has 0 fully saturated rings.